The van der Waals surface area contributed by atoms with Gasteiger partial charge in [-0.1, -0.05) is 26.0 Å². The van der Waals surface area contributed by atoms with Crippen LogP contribution >= 0.6 is 0 Å². The number of alkyl halides is 2. The summed E-state index contributed by atoms with van der Waals surface area (Å²) in [6.45, 7) is 9.36. The highest BCUT2D eigenvalue weighted by Crippen LogP contribution is 2.65. The molecule has 2 bridgehead atoms. The van der Waals surface area contributed by atoms with Crippen molar-refractivity contribution in [3.8, 4) is 5.75 Å². The summed E-state index contributed by atoms with van der Waals surface area (Å²) in [5.74, 6) is -4.26. The molecule has 0 aromatic heterocycles. The number of ether oxygens (including phenoxy) is 1. The van der Waals surface area contributed by atoms with Gasteiger partial charge in [-0.05, 0) is 68.9 Å². The summed E-state index contributed by atoms with van der Waals surface area (Å²) >= 11 is 0. The van der Waals surface area contributed by atoms with Crippen LogP contribution in [0.2, 0.25) is 0 Å². The predicted molar refractivity (Wildman–Crippen MR) is 130 cm³/mol. The lowest BCUT2D eigenvalue weighted by atomic mass is 9.43. The first-order valence-electron chi connectivity index (χ1n) is 12.7. The summed E-state index contributed by atoms with van der Waals surface area (Å²) in [4.78, 5) is 24.5. The smallest absolute Gasteiger partial charge is 0.482 e. The maximum absolute atomic E-state index is 13.4. The van der Waals surface area contributed by atoms with Gasteiger partial charge in [0.2, 0.25) is 11.8 Å². The second-order valence-corrected chi connectivity index (χ2v) is 11.3. The van der Waals surface area contributed by atoms with Gasteiger partial charge in [0.1, 0.15) is 11.3 Å². The van der Waals surface area contributed by atoms with Gasteiger partial charge in [-0.3, -0.25) is 4.79 Å². The molecule has 10 heteroatoms. The lowest BCUT2D eigenvalue weighted by Gasteiger charge is -2.64. The standard InChI is InChI=1S/C26H36BF2NO6/c1-6-34-22-15(8-7-9-17(22)23(32)33)12-20(30-21(31)10-11-25(4,28)29)27-35-19-14-16-13-18(24(16,2)3)26(19,5)36-27/h7-9,16,18-20H,6,10-14H2,1-5H3,(H,30,31)(H,32,33)/t16-,18-,19+,20-,26-/m0/s1. The number of carboxylic acid groups (broad SMARTS) is 1. The van der Waals surface area contributed by atoms with Crippen molar-refractivity contribution in [3.05, 3.63) is 29.3 Å². The van der Waals surface area contributed by atoms with E-state index in [0.29, 0.717) is 17.4 Å². The lowest BCUT2D eigenvalue weighted by molar-refractivity contribution is -0.199. The molecule has 3 saturated carbocycles. The van der Waals surface area contributed by atoms with Crippen molar-refractivity contribution in [3.63, 3.8) is 0 Å². The molecule has 7 nitrogen and oxygen atoms in total. The van der Waals surface area contributed by atoms with E-state index in [9.17, 15) is 23.5 Å². The average molecular weight is 507 g/mol. The van der Waals surface area contributed by atoms with Crippen LogP contribution in [0.25, 0.3) is 0 Å². The van der Waals surface area contributed by atoms with Gasteiger partial charge in [-0.15, -0.1) is 0 Å². The molecular weight excluding hydrogens is 471 g/mol. The van der Waals surface area contributed by atoms with Gasteiger partial charge in [0, 0.05) is 12.8 Å². The Labute approximate surface area is 211 Å². The zero-order chi connectivity index (χ0) is 26.5. The molecule has 5 rings (SSSR count). The second kappa shape index (κ2) is 9.60. The maximum atomic E-state index is 13.4. The second-order valence-electron chi connectivity index (χ2n) is 11.3. The van der Waals surface area contributed by atoms with E-state index < -0.39 is 42.9 Å². The van der Waals surface area contributed by atoms with Crippen LogP contribution in [-0.4, -0.2) is 54.3 Å². The van der Waals surface area contributed by atoms with E-state index in [2.05, 4.69) is 26.1 Å². The Morgan fingerprint density at radius 3 is 2.64 bits per heavy atom. The Morgan fingerprint density at radius 2 is 2.03 bits per heavy atom. The lowest BCUT2D eigenvalue weighted by Crippen LogP contribution is -2.65. The van der Waals surface area contributed by atoms with Crippen molar-refractivity contribution in [1.29, 1.82) is 0 Å². The number of carbonyl (C=O) groups is 2. The molecule has 1 heterocycles. The summed E-state index contributed by atoms with van der Waals surface area (Å²) in [7, 11) is -0.802. The third-order valence-electron chi connectivity index (χ3n) is 8.49. The first kappa shape index (κ1) is 26.9. The number of halogens is 2. The van der Waals surface area contributed by atoms with E-state index in [1.54, 1.807) is 19.1 Å². The molecule has 4 aliphatic rings. The number of hydrogen-bond donors (Lipinski definition) is 2. The van der Waals surface area contributed by atoms with Crippen LogP contribution < -0.4 is 10.1 Å². The van der Waals surface area contributed by atoms with Crippen LogP contribution in [0.4, 0.5) is 8.78 Å². The largest absolute Gasteiger partial charge is 0.493 e. The van der Waals surface area contributed by atoms with E-state index in [1.807, 2.05) is 0 Å². The van der Waals surface area contributed by atoms with E-state index in [1.165, 1.54) is 6.07 Å². The summed E-state index contributed by atoms with van der Waals surface area (Å²) in [5.41, 5.74) is 0.196. The fourth-order valence-corrected chi connectivity index (χ4v) is 6.36. The van der Waals surface area contributed by atoms with Crippen LogP contribution in [0, 0.1) is 17.3 Å². The number of amides is 1. The zero-order valence-corrected chi connectivity index (χ0v) is 21.6. The van der Waals surface area contributed by atoms with Gasteiger partial charge in [0.15, 0.2) is 0 Å². The number of carbonyl (C=O) groups excluding carboxylic acids is 1. The van der Waals surface area contributed by atoms with Gasteiger partial charge >= 0.3 is 13.1 Å². The van der Waals surface area contributed by atoms with Gasteiger partial charge in [0.25, 0.3) is 0 Å². The molecule has 198 valence electrons. The summed E-state index contributed by atoms with van der Waals surface area (Å²) in [6, 6.07) is 4.81. The summed E-state index contributed by atoms with van der Waals surface area (Å²) < 4.78 is 45.4. The van der Waals surface area contributed by atoms with E-state index >= 15 is 0 Å². The fourth-order valence-electron chi connectivity index (χ4n) is 6.36. The third-order valence-corrected chi connectivity index (χ3v) is 8.49. The zero-order valence-electron chi connectivity index (χ0n) is 21.6. The van der Waals surface area contributed by atoms with E-state index in [-0.39, 0.29) is 42.3 Å². The maximum Gasteiger partial charge on any atom is 0.482 e. The van der Waals surface area contributed by atoms with Crippen molar-refractivity contribution in [2.24, 2.45) is 17.3 Å². The molecule has 3 aliphatic carbocycles. The van der Waals surface area contributed by atoms with Crippen molar-refractivity contribution >= 4 is 19.0 Å². The van der Waals surface area contributed by atoms with Crippen LogP contribution in [0.1, 0.15) is 76.2 Å². The summed E-state index contributed by atoms with van der Waals surface area (Å²) in [5, 5.41) is 12.5. The third kappa shape index (κ3) is 4.99. The molecule has 1 aliphatic heterocycles. The van der Waals surface area contributed by atoms with Crippen LogP contribution in [-0.2, 0) is 20.5 Å². The highest BCUT2D eigenvalue weighted by Gasteiger charge is 2.68. The van der Waals surface area contributed by atoms with Gasteiger partial charge in [0.05, 0.1) is 24.3 Å². The SMILES string of the molecule is CCOc1c(C[C@H](NC(=O)CCC(C)(F)F)B2O[C@@H]3C[C@@H]4C[C@@H](C4(C)C)[C@]3(C)O2)cccc1C(=O)O. The number of aromatic carboxylic acids is 1. The molecule has 0 unspecified atom stereocenters. The Hall–Kier alpha value is -2.20. The highest BCUT2D eigenvalue weighted by molar-refractivity contribution is 6.48. The van der Waals surface area contributed by atoms with Crippen molar-refractivity contribution < 1.29 is 37.5 Å². The molecule has 1 aromatic rings. The number of carboxylic acids is 1. The molecule has 36 heavy (non-hydrogen) atoms. The van der Waals surface area contributed by atoms with Gasteiger partial charge in [-0.2, -0.15) is 0 Å². The Kier molecular flexibility index (Phi) is 7.16. The van der Waals surface area contributed by atoms with Crippen LogP contribution in [0.5, 0.6) is 5.75 Å². The average Bonchev–Trinajstić information content (AvgIpc) is 3.14. The molecule has 0 radical (unpaired) electrons. The Bertz CT molecular complexity index is 1010. The number of hydrogen-bond acceptors (Lipinski definition) is 5. The normalized spacial score (nSPS) is 29.2. The molecule has 1 saturated heterocycles. The predicted octanol–water partition coefficient (Wildman–Crippen LogP) is 4.51. The molecule has 1 aromatic carbocycles. The fraction of sp³-hybridized carbons (Fsp3) is 0.692. The van der Waals surface area contributed by atoms with E-state index in [4.69, 9.17) is 14.0 Å². The van der Waals surface area contributed by atoms with Crippen molar-refractivity contribution in [2.45, 2.75) is 90.3 Å². The highest BCUT2D eigenvalue weighted by atomic mass is 19.3. The topological polar surface area (TPSA) is 94.1 Å². The molecule has 2 N–H and O–H groups in total. The molecule has 1 amide bonds. The van der Waals surface area contributed by atoms with Crippen molar-refractivity contribution in [2.75, 3.05) is 6.61 Å². The summed E-state index contributed by atoms with van der Waals surface area (Å²) in [6.07, 6.45) is 1.03. The Balaban J connectivity index is 1.60. The monoisotopic (exact) mass is 507 g/mol. The molecular formula is C26H36BF2NO6. The molecule has 5 atom stereocenters. The number of rotatable bonds is 10. The number of benzene rings is 1. The quantitative estimate of drug-likeness (QED) is 0.453. The number of para-hydroxylation sites is 1. The first-order valence-corrected chi connectivity index (χ1v) is 12.7. The number of nitrogens with one attached hydrogen (secondary N) is 1. The van der Waals surface area contributed by atoms with E-state index in [0.717, 1.165) is 19.8 Å². The van der Waals surface area contributed by atoms with Gasteiger partial charge < -0.3 is 24.5 Å². The van der Waals surface area contributed by atoms with Crippen LogP contribution in [0.3, 0.4) is 0 Å². The molecule has 4 fully saturated rings. The minimum atomic E-state index is -2.96. The van der Waals surface area contributed by atoms with Crippen molar-refractivity contribution in [1.82, 2.24) is 5.32 Å². The Morgan fingerprint density at radius 1 is 1.31 bits per heavy atom. The van der Waals surface area contributed by atoms with Gasteiger partial charge in [-0.25, -0.2) is 13.6 Å². The first-order chi connectivity index (χ1) is 16.8. The van der Waals surface area contributed by atoms with Crippen LogP contribution in [0.15, 0.2) is 18.2 Å². The minimum absolute atomic E-state index is 0.0153. The molecule has 0 spiro atoms. The minimum Gasteiger partial charge on any atom is -0.493 e.